The summed E-state index contributed by atoms with van der Waals surface area (Å²) in [6.45, 7) is 6.65. The molecule has 3 rings (SSSR count). The van der Waals surface area contributed by atoms with Crippen LogP contribution in [0.4, 0.5) is 5.69 Å². The van der Waals surface area contributed by atoms with Gasteiger partial charge in [-0.2, -0.15) is 5.10 Å². The van der Waals surface area contributed by atoms with E-state index in [0.717, 1.165) is 17.1 Å². The third-order valence-electron chi connectivity index (χ3n) is 4.78. The average Bonchev–Trinajstić information content (AvgIpc) is 3.24. The number of nitrogens with zero attached hydrogens (tertiary/aromatic N) is 4. The number of benzene rings is 2. The van der Waals surface area contributed by atoms with E-state index in [1.807, 2.05) is 41.0 Å². The Labute approximate surface area is 203 Å². The van der Waals surface area contributed by atoms with Gasteiger partial charge in [0.05, 0.1) is 32.2 Å². The monoisotopic (exact) mass is 480 g/mol. The Hall–Kier alpha value is -3.79. The molecule has 0 saturated heterocycles. The van der Waals surface area contributed by atoms with E-state index in [2.05, 4.69) is 32.6 Å². The van der Waals surface area contributed by atoms with Gasteiger partial charge in [0.15, 0.2) is 22.5 Å². The van der Waals surface area contributed by atoms with Crippen LogP contribution in [0.15, 0.2) is 71.4 Å². The summed E-state index contributed by atoms with van der Waals surface area (Å²) in [7, 11) is 3.14. The number of carbonyl (C=O) groups excluding carboxylic acids is 1. The molecular weight excluding hydrogens is 452 g/mol. The van der Waals surface area contributed by atoms with E-state index in [0.29, 0.717) is 29.7 Å². The number of aromatic nitrogens is 3. The predicted octanol–water partition coefficient (Wildman–Crippen LogP) is 3.72. The number of rotatable bonds is 12. The van der Waals surface area contributed by atoms with Crippen LogP contribution in [0.1, 0.15) is 18.3 Å². The van der Waals surface area contributed by atoms with Crippen LogP contribution in [0, 0.1) is 0 Å². The molecule has 34 heavy (non-hydrogen) atoms. The van der Waals surface area contributed by atoms with Gasteiger partial charge in [0.25, 0.3) is 5.91 Å². The Balaban J connectivity index is 1.60. The molecule has 9 nitrogen and oxygen atoms in total. The topological polar surface area (TPSA) is 103 Å². The maximum Gasteiger partial charge on any atom is 0.253 e. The van der Waals surface area contributed by atoms with Crippen LogP contribution < -0.4 is 20.2 Å². The number of para-hydroxylation sites is 1. The number of allylic oxidation sites excluding steroid dienone is 1. The van der Waals surface area contributed by atoms with Crippen LogP contribution in [-0.4, -0.2) is 46.4 Å². The van der Waals surface area contributed by atoms with Crippen molar-refractivity contribution in [2.24, 2.45) is 5.10 Å². The smallest absolute Gasteiger partial charge is 0.253 e. The van der Waals surface area contributed by atoms with Gasteiger partial charge >= 0.3 is 0 Å². The number of thioether (sulfide) groups is 1. The molecule has 0 unspecified atom stereocenters. The van der Waals surface area contributed by atoms with E-state index in [-0.39, 0.29) is 5.91 Å². The molecular formula is C24H28N6O3S. The first-order valence-corrected chi connectivity index (χ1v) is 11.5. The summed E-state index contributed by atoms with van der Waals surface area (Å²) in [6.07, 6.45) is 3.32. The largest absolute Gasteiger partial charge is 0.493 e. The van der Waals surface area contributed by atoms with Gasteiger partial charge in [0, 0.05) is 12.2 Å². The van der Waals surface area contributed by atoms with Gasteiger partial charge < -0.3 is 19.4 Å². The molecule has 0 aliphatic carbocycles. The molecule has 1 atom stereocenters. The summed E-state index contributed by atoms with van der Waals surface area (Å²) >= 11 is 1.31. The van der Waals surface area contributed by atoms with E-state index in [9.17, 15) is 4.79 Å². The second-order valence-electron chi connectivity index (χ2n) is 7.13. The quantitative estimate of drug-likeness (QED) is 0.176. The molecule has 1 amide bonds. The summed E-state index contributed by atoms with van der Waals surface area (Å²) in [4.78, 5) is 12.6. The summed E-state index contributed by atoms with van der Waals surface area (Å²) in [5.41, 5.74) is 4.32. The van der Waals surface area contributed by atoms with Crippen LogP contribution in [-0.2, 0) is 17.9 Å². The first-order chi connectivity index (χ1) is 16.5. The van der Waals surface area contributed by atoms with Crippen molar-refractivity contribution in [3.05, 3.63) is 72.6 Å². The Morgan fingerprint density at radius 1 is 1.18 bits per heavy atom. The predicted molar refractivity (Wildman–Crippen MR) is 135 cm³/mol. The number of hydrogen-bond donors (Lipinski definition) is 2. The number of amides is 1. The van der Waals surface area contributed by atoms with E-state index < -0.39 is 5.25 Å². The molecule has 2 aromatic carbocycles. The third kappa shape index (κ3) is 6.61. The minimum atomic E-state index is -0.440. The normalized spacial score (nSPS) is 11.7. The van der Waals surface area contributed by atoms with Crippen LogP contribution in [0.2, 0.25) is 0 Å². The lowest BCUT2D eigenvalue weighted by Gasteiger charge is -2.12. The number of hydrazone groups is 1. The van der Waals surface area contributed by atoms with Crippen LogP contribution in [0.3, 0.4) is 0 Å². The van der Waals surface area contributed by atoms with Crippen LogP contribution >= 0.6 is 11.8 Å². The Kier molecular flexibility index (Phi) is 9.10. The fraction of sp³-hybridized carbons (Fsp3) is 0.250. The lowest BCUT2D eigenvalue weighted by Crippen LogP contribution is -2.27. The minimum Gasteiger partial charge on any atom is -0.493 e. The SMILES string of the molecule is C=CCn1c(CNc2ccccc2)nnc1S[C@@H](C)C(=O)N/N=C\c1ccc(OC)c(OC)c1. The highest BCUT2D eigenvalue weighted by atomic mass is 32.2. The number of nitrogens with one attached hydrogen (secondary N) is 2. The van der Waals surface area contributed by atoms with Crippen molar-refractivity contribution in [1.29, 1.82) is 0 Å². The fourth-order valence-corrected chi connectivity index (χ4v) is 3.86. The summed E-state index contributed by atoms with van der Waals surface area (Å²) in [5, 5.41) is 16.2. The summed E-state index contributed by atoms with van der Waals surface area (Å²) in [5.74, 6) is 1.71. The lowest BCUT2D eigenvalue weighted by atomic mass is 10.2. The van der Waals surface area contributed by atoms with Gasteiger partial charge in [0.2, 0.25) is 0 Å². The van der Waals surface area contributed by atoms with Crippen molar-refractivity contribution < 1.29 is 14.3 Å². The Bertz CT molecular complexity index is 1130. The number of ether oxygens (including phenoxy) is 2. The number of anilines is 1. The highest BCUT2D eigenvalue weighted by molar-refractivity contribution is 8.00. The molecule has 0 radical (unpaired) electrons. The standard InChI is InChI=1S/C24H28N6O3S/c1-5-13-30-22(16-25-19-9-7-6-8-10-19)27-29-24(30)34-17(2)23(31)28-26-15-18-11-12-20(32-3)21(14-18)33-4/h5-12,14-15,17,25H,1,13,16H2,2-4H3,(H,28,31)/b26-15-/t17-/m0/s1. The van der Waals surface area contributed by atoms with Gasteiger partial charge in [-0.15, -0.1) is 16.8 Å². The van der Waals surface area contributed by atoms with Crippen molar-refractivity contribution >= 4 is 29.6 Å². The second kappa shape index (κ2) is 12.4. The molecule has 0 spiro atoms. The molecule has 3 aromatic rings. The van der Waals surface area contributed by atoms with E-state index in [4.69, 9.17) is 9.47 Å². The molecule has 0 aliphatic heterocycles. The van der Waals surface area contributed by atoms with Crippen molar-refractivity contribution in [1.82, 2.24) is 20.2 Å². The van der Waals surface area contributed by atoms with Crippen molar-refractivity contribution in [2.45, 2.75) is 30.4 Å². The maximum atomic E-state index is 12.6. The zero-order chi connectivity index (χ0) is 24.3. The molecule has 178 valence electrons. The molecule has 1 aromatic heterocycles. The molecule has 0 saturated carbocycles. The molecule has 0 fully saturated rings. The molecule has 10 heteroatoms. The van der Waals surface area contributed by atoms with Gasteiger partial charge in [0.1, 0.15) is 0 Å². The minimum absolute atomic E-state index is 0.251. The molecule has 2 N–H and O–H groups in total. The van der Waals surface area contributed by atoms with Crippen molar-refractivity contribution in [2.75, 3.05) is 19.5 Å². The first-order valence-electron chi connectivity index (χ1n) is 10.6. The van der Waals surface area contributed by atoms with Gasteiger partial charge in [-0.25, -0.2) is 5.43 Å². The van der Waals surface area contributed by atoms with Crippen molar-refractivity contribution in [3.63, 3.8) is 0 Å². The highest BCUT2D eigenvalue weighted by Gasteiger charge is 2.19. The van der Waals surface area contributed by atoms with E-state index in [1.54, 1.807) is 45.6 Å². The van der Waals surface area contributed by atoms with Crippen molar-refractivity contribution in [3.8, 4) is 11.5 Å². The van der Waals surface area contributed by atoms with E-state index >= 15 is 0 Å². The van der Waals surface area contributed by atoms with E-state index in [1.165, 1.54) is 11.8 Å². The summed E-state index contributed by atoms with van der Waals surface area (Å²) < 4.78 is 12.4. The average molecular weight is 481 g/mol. The highest BCUT2D eigenvalue weighted by Crippen LogP contribution is 2.27. The van der Waals surface area contributed by atoms with Crippen LogP contribution in [0.25, 0.3) is 0 Å². The van der Waals surface area contributed by atoms with Gasteiger partial charge in [-0.1, -0.05) is 36.0 Å². The molecule has 1 heterocycles. The third-order valence-corrected chi connectivity index (χ3v) is 5.86. The lowest BCUT2D eigenvalue weighted by molar-refractivity contribution is -0.120. The number of carbonyl (C=O) groups is 1. The zero-order valence-electron chi connectivity index (χ0n) is 19.4. The maximum absolute atomic E-state index is 12.6. The molecule has 0 aliphatic rings. The zero-order valence-corrected chi connectivity index (χ0v) is 20.2. The first kappa shape index (κ1) is 24.8. The Morgan fingerprint density at radius 2 is 1.94 bits per heavy atom. The van der Waals surface area contributed by atoms with Gasteiger partial charge in [-0.3, -0.25) is 4.79 Å². The van der Waals surface area contributed by atoms with Crippen LogP contribution in [0.5, 0.6) is 11.5 Å². The summed E-state index contributed by atoms with van der Waals surface area (Å²) in [6, 6.07) is 15.2. The second-order valence-corrected chi connectivity index (χ2v) is 8.43. The number of hydrogen-bond acceptors (Lipinski definition) is 8. The number of methoxy groups -OCH3 is 2. The fourth-order valence-electron chi connectivity index (χ4n) is 2.99. The Morgan fingerprint density at radius 3 is 2.65 bits per heavy atom. The van der Waals surface area contributed by atoms with Gasteiger partial charge in [-0.05, 0) is 42.8 Å². The molecule has 0 bridgehead atoms.